The van der Waals surface area contributed by atoms with E-state index in [1.807, 2.05) is 4.90 Å². The summed E-state index contributed by atoms with van der Waals surface area (Å²) in [7, 11) is 1.40. The van der Waals surface area contributed by atoms with Gasteiger partial charge in [-0.15, -0.1) is 0 Å². The Morgan fingerprint density at radius 3 is 2.78 bits per heavy atom. The molecule has 1 aromatic rings. The van der Waals surface area contributed by atoms with Gasteiger partial charge in [0, 0.05) is 19.0 Å². The molecule has 3 rings (SSSR count). The largest absolute Gasteiger partial charge is 0.494 e. The summed E-state index contributed by atoms with van der Waals surface area (Å²) >= 11 is 0. The number of hydrogen-bond donors (Lipinski definition) is 0. The average molecular weight is 377 g/mol. The topological polar surface area (TPSA) is 55.8 Å². The summed E-state index contributed by atoms with van der Waals surface area (Å²) < 4.78 is 24.0. The molecular weight excluding hydrogens is 349 g/mol. The van der Waals surface area contributed by atoms with Crippen molar-refractivity contribution in [2.75, 3.05) is 13.7 Å². The normalized spacial score (nSPS) is 28.3. The standard InChI is InChI=1S/C21H28FNO4/c1-13-5-4-6-18(14(13)2)23-11-16(10-20(23)24)21(25)27-12-15-7-8-19(26-3)17(22)9-15/h7-9,13-14,16,18H,4-6,10-12H2,1-3H3/t13-,14-,16-,18-/m1/s1. The van der Waals surface area contributed by atoms with Crippen molar-refractivity contribution in [1.82, 2.24) is 4.90 Å². The highest BCUT2D eigenvalue weighted by atomic mass is 19.1. The van der Waals surface area contributed by atoms with Gasteiger partial charge in [-0.1, -0.05) is 32.8 Å². The molecule has 0 spiro atoms. The van der Waals surface area contributed by atoms with E-state index in [1.54, 1.807) is 6.07 Å². The third-order valence-electron chi connectivity index (χ3n) is 6.15. The zero-order valence-electron chi connectivity index (χ0n) is 16.2. The molecule has 1 saturated carbocycles. The number of hydrogen-bond acceptors (Lipinski definition) is 4. The fourth-order valence-corrected chi connectivity index (χ4v) is 4.28. The first-order valence-corrected chi connectivity index (χ1v) is 9.69. The second kappa shape index (κ2) is 8.28. The molecule has 0 bridgehead atoms. The number of likely N-dealkylation sites (tertiary alicyclic amines) is 1. The molecule has 1 heterocycles. The number of carbonyl (C=O) groups excluding carboxylic acids is 2. The Balaban J connectivity index is 1.56. The number of benzene rings is 1. The molecule has 0 unspecified atom stereocenters. The van der Waals surface area contributed by atoms with E-state index in [2.05, 4.69) is 13.8 Å². The van der Waals surface area contributed by atoms with Crippen LogP contribution in [0, 0.1) is 23.6 Å². The molecule has 1 saturated heterocycles. The fourth-order valence-electron chi connectivity index (χ4n) is 4.28. The van der Waals surface area contributed by atoms with Crippen LogP contribution in [0.5, 0.6) is 5.75 Å². The summed E-state index contributed by atoms with van der Waals surface area (Å²) in [6, 6.07) is 4.68. The van der Waals surface area contributed by atoms with Crippen LogP contribution in [-0.2, 0) is 20.9 Å². The first-order valence-electron chi connectivity index (χ1n) is 9.69. The lowest BCUT2D eigenvalue weighted by atomic mass is 9.77. The van der Waals surface area contributed by atoms with E-state index in [0.29, 0.717) is 23.9 Å². The monoisotopic (exact) mass is 377 g/mol. The van der Waals surface area contributed by atoms with Crippen LogP contribution >= 0.6 is 0 Å². The second-order valence-electron chi connectivity index (χ2n) is 7.86. The molecule has 1 amide bonds. The number of halogens is 1. The minimum atomic E-state index is -0.492. The van der Waals surface area contributed by atoms with E-state index in [-0.39, 0.29) is 30.7 Å². The van der Waals surface area contributed by atoms with Crippen LogP contribution in [0.3, 0.4) is 0 Å². The Morgan fingerprint density at radius 1 is 1.30 bits per heavy atom. The Hall–Kier alpha value is -2.11. The summed E-state index contributed by atoms with van der Waals surface area (Å²) in [6.07, 6.45) is 3.53. The van der Waals surface area contributed by atoms with Crippen molar-refractivity contribution in [3.8, 4) is 5.75 Å². The van der Waals surface area contributed by atoms with Gasteiger partial charge in [0.15, 0.2) is 11.6 Å². The molecule has 6 heteroatoms. The molecule has 148 valence electrons. The maximum atomic E-state index is 13.7. The minimum absolute atomic E-state index is 0.0126. The predicted octanol–water partition coefficient (Wildman–Crippen LogP) is 3.55. The van der Waals surface area contributed by atoms with Crippen LogP contribution in [0.15, 0.2) is 18.2 Å². The summed E-state index contributed by atoms with van der Waals surface area (Å²) in [5.74, 6) is -0.0964. The molecule has 0 radical (unpaired) electrons. The van der Waals surface area contributed by atoms with Crippen LogP contribution in [0.4, 0.5) is 4.39 Å². The number of nitrogens with zero attached hydrogens (tertiary/aromatic N) is 1. The van der Waals surface area contributed by atoms with Gasteiger partial charge in [-0.3, -0.25) is 9.59 Å². The third kappa shape index (κ3) is 4.25. The van der Waals surface area contributed by atoms with E-state index in [9.17, 15) is 14.0 Å². The fraction of sp³-hybridized carbons (Fsp3) is 0.619. The van der Waals surface area contributed by atoms with Gasteiger partial charge in [-0.25, -0.2) is 4.39 Å². The Kier molecular flexibility index (Phi) is 6.02. The number of carbonyl (C=O) groups is 2. The first-order chi connectivity index (χ1) is 12.9. The number of ether oxygens (including phenoxy) is 2. The number of methoxy groups -OCH3 is 1. The van der Waals surface area contributed by atoms with Crippen LogP contribution < -0.4 is 4.74 Å². The Morgan fingerprint density at radius 2 is 2.07 bits per heavy atom. The van der Waals surface area contributed by atoms with Gasteiger partial charge >= 0.3 is 5.97 Å². The van der Waals surface area contributed by atoms with Crippen molar-refractivity contribution in [3.63, 3.8) is 0 Å². The lowest BCUT2D eigenvalue weighted by Crippen LogP contribution is -2.45. The van der Waals surface area contributed by atoms with Crippen molar-refractivity contribution in [3.05, 3.63) is 29.6 Å². The Bertz CT molecular complexity index is 707. The number of esters is 1. The summed E-state index contributed by atoms with van der Waals surface area (Å²) in [4.78, 5) is 26.8. The van der Waals surface area contributed by atoms with E-state index >= 15 is 0 Å². The molecule has 1 aromatic carbocycles. The van der Waals surface area contributed by atoms with Crippen molar-refractivity contribution >= 4 is 11.9 Å². The lowest BCUT2D eigenvalue weighted by Gasteiger charge is -2.39. The lowest BCUT2D eigenvalue weighted by molar-refractivity contribution is -0.149. The van der Waals surface area contributed by atoms with Gasteiger partial charge in [0.25, 0.3) is 0 Å². The van der Waals surface area contributed by atoms with Crippen LogP contribution in [0.2, 0.25) is 0 Å². The number of amides is 1. The van der Waals surface area contributed by atoms with Crippen molar-refractivity contribution in [2.45, 2.75) is 52.2 Å². The zero-order chi connectivity index (χ0) is 19.6. The molecule has 2 fully saturated rings. The van der Waals surface area contributed by atoms with Gasteiger partial charge in [0.05, 0.1) is 13.0 Å². The maximum absolute atomic E-state index is 13.7. The zero-order valence-corrected chi connectivity index (χ0v) is 16.2. The minimum Gasteiger partial charge on any atom is -0.494 e. The van der Waals surface area contributed by atoms with Crippen LogP contribution in [-0.4, -0.2) is 36.5 Å². The molecule has 4 atom stereocenters. The van der Waals surface area contributed by atoms with E-state index in [4.69, 9.17) is 9.47 Å². The van der Waals surface area contributed by atoms with Crippen LogP contribution in [0.1, 0.15) is 45.1 Å². The molecule has 5 nitrogen and oxygen atoms in total. The van der Waals surface area contributed by atoms with Crippen molar-refractivity contribution in [1.29, 1.82) is 0 Å². The van der Waals surface area contributed by atoms with E-state index in [1.165, 1.54) is 25.7 Å². The van der Waals surface area contributed by atoms with Gasteiger partial charge < -0.3 is 14.4 Å². The summed E-state index contributed by atoms with van der Waals surface area (Å²) in [5, 5.41) is 0. The maximum Gasteiger partial charge on any atom is 0.311 e. The predicted molar refractivity (Wildman–Crippen MR) is 98.5 cm³/mol. The molecule has 27 heavy (non-hydrogen) atoms. The highest BCUT2D eigenvalue weighted by molar-refractivity contribution is 5.87. The molecule has 0 N–H and O–H groups in total. The third-order valence-corrected chi connectivity index (χ3v) is 6.15. The van der Waals surface area contributed by atoms with Gasteiger partial charge in [-0.2, -0.15) is 0 Å². The van der Waals surface area contributed by atoms with Gasteiger partial charge in [0.1, 0.15) is 6.61 Å². The number of rotatable bonds is 5. The van der Waals surface area contributed by atoms with Crippen molar-refractivity contribution < 1.29 is 23.5 Å². The van der Waals surface area contributed by atoms with Gasteiger partial charge in [0.2, 0.25) is 5.91 Å². The Labute approximate surface area is 159 Å². The molecular formula is C21H28FNO4. The van der Waals surface area contributed by atoms with Crippen LogP contribution in [0.25, 0.3) is 0 Å². The molecule has 1 aliphatic carbocycles. The first kappa shape index (κ1) is 19.6. The average Bonchev–Trinajstić information content (AvgIpc) is 3.04. The quantitative estimate of drug-likeness (QED) is 0.737. The highest BCUT2D eigenvalue weighted by Crippen LogP contribution is 2.36. The smallest absolute Gasteiger partial charge is 0.311 e. The SMILES string of the molecule is COc1ccc(COC(=O)[C@@H]2CC(=O)N([C@@H]3CCC[C@@H](C)[C@H]3C)C2)cc1F. The molecule has 0 aromatic heterocycles. The molecule has 2 aliphatic rings. The van der Waals surface area contributed by atoms with Gasteiger partial charge in [-0.05, 0) is 36.0 Å². The summed E-state index contributed by atoms with van der Waals surface area (Å²) in [6.45, 7) is 4.85. The van der Waals surface area contributed by atoms with Crippen molar-refractivity contribution in [2.24, 2.45) is 17.8 Å². The molecule has 1 aliphatic heterocycles. The van der Waals surface area contributed by atoms with E-state index in [0.717, 1.165) is 12.8 Å². The summed E-state index contributed by atoms with van der Waals surface area (Å²) in [5.41, 5.74) is 0.553. The second-order valence-corrected chi connectivity index (χ2v) is 7.86. The van der Waals surface area contributed by atoms with E-state index < -0.39 is 17.7 Å². The highest BCUT2D eigenvalue weighted by Gasteiger charge is 2.42.